The number of aliphatic imine (C=N–C) groups is 1. The second kappa shape index (κ2) is 6.92. The van der Waals surface area contributed by atoms with Crippen molar-refractivity contribution >= 4 is 5.84 Å². The fraction of sp³-hybridized carbons (Fsp3) is 0.611. The second-order valence-electron chi connectivity index (χ2n) is 6.18. The molecule has 0 spiro atoms. The first-order chi connectivity index (χ1) is 9.93. The van der Waals surface area contributed by atoms with Gasteiger partial charge in [-0.3, -0.25) is 4.99 Å². The monoisotopic (exact) mass is 270 g/mol. The van der Waals surface area contributed by atoms with Gasteiger partial charge in [-0.15, -0.1) is 0 Å². The zero-order chi connectivity index (χ0) is 13.6. The maximum atomic E-state index is 5.05. The van der Waals surface area contributed by atoms with Crippen molar-refractivity contribution < 1.29 is 0 Å². The first-order valence-electron chi connectivity index (χ1n) is 8.29. The van der Waals surface area contributed by atoms with Gasteiger partial charge in [-0.05, 0) is 31.2 Å². The lowest BCUT2D eigenvalue weighted by atomic mass is 9.75. The summed E-state index contributed by atoms with van der Waals surface area (Å²) >= 11 is 0. The van der Waals surface area contributed by atoms with E-state index in [4.69, 9.17) is 4.99 Å². The Morgan fingerprint density at radius 3 is 2.50 bits per heavy atom. The van der Waals surface area contributed by atoms with Crippen LogP contribution in [0.15, 0.2) is 35.3 Å². The molecule has 1 saturated carbocycles. The van der Waals surface area contributed by atoms with Crippen molar-refractivity contribution in [2.45, 2.75) is 63.3 Å². The summed E-state index contributed by atoms with van der Waals surface area (Å²) in [5.41, 5.74) is 1.47. The van der Waals surface area contributed by atoms with Gasteiger partial charge in [-0.1, -0.05) is 49.6 Å². The Hall–Kier alpha value is -1.31. The van der Waals surface area contributed by atoms with Crippen LogP contribution in [0.1, 0.15) is 62.8 Å². The van der Waals surface area contributed by atoms with Crippen LogP contribution in [0, 0.1) is 0 Å². The van der Waals surface area contributed by atoms with E-state index in [-0.39, 0.29) is 0 Å². The van der Waals surface area contributed by atoms with E-state index in [1.807, 2.05) is 0 Å². The second-order valence-corrected chi connectivity index (χ2v) is 6.18. The van der Waals surface area contributed by atoms with Crippen molar-refractivity contribution in [2.75, 3.05) is 6.54 Å². The summed E-state index contributed by atoms with van der Waals surface area (Å²) in [5.74, 6) is 1.93. The van der Waals surface area contributed by atoms with E-state index in [2.05, 4.69) is 35.6 Å². The number of amidine groups is 1. The molecule has 1 aromatic carbocycles. The van der Waals surface area contributed by atoms with E-state index in [0.29, 0.717) is 12.0 Å². The van der Waals surface area contributed by atoms with Gasteiger partial charge in [0.2, 0.25) is 0 Å². The van der Waals surface area contributed by atoms with Crippen LogP contribution in [0.4, 0.5) is 0 Å². The minimum absolute atomic E-state index is 0.514. The van der Waals surface area contributed by atoms with E-state index in [9.17, 15) is 0 Å². The first kappa shape index (κ1) is 13.7. The highest BCUT2D eigenvalue weighted by Gasteiger charge is 2.31. The molecule has 2 aliphatic rings. The summed E-state index contributed by atoms with van der Waals surface area (Å²) in [4.78, 5) is 5.05. The number of rotatable bonds is 2. The van der Waals surface area contributed by atoms with Gasteiger partial charge in [0.1, 0.15) is 0 Å². The third-order valence-corrected chi connectivity index (χ3v) is 4.71. The lowest BCUT2D eigenvalue weighted by Gasteiger charge is -2.34. The average Bonchev–Trinajstić information content (AvgIpc) is 2.58. The molecular weight excluding hydrogens is 244 g/mol. The van der Waals surface area contributed by atoms with Crippen molar-refractivity contribution in [1.82, 2.24) is 5.32 Å². The van der Waals surface area contributed by atoms with E-state index in [1.165, 1.54) is 56.3 Å². The molecule has 1 aromatic rings. The van der Waals surface area contributed by atoms with E-state index in [1.54, 1.807) is 0 Å². The van der Waals surface area contributed by atoms with E-state index >= 15 is 0 Å². The van der Waals surface area contributed by atoms with Crippen LogP contribution in [0.2, 0.25) is 0 Å². The van der Waals surface area contributed by atoms with Gasteiger partial charge in [0.05, 0.1) is 11.9 Å². The molecule has 2 nitrogen and oxygen atoms in total. The van der Waals surface area contributed by atoms with E-state index < -0.39 is 0 Å². The van der Waals surface area contributed by atoms with Crippen molar-refractivity contribution in [1.29, 1.82) is 0 Å². The van der Waals surface area contributed by atoms with Crippen molar-refractivity contribution in [3.63, 3.8) is 0 Å². The topological polar surface area (TPSA) is 24.4 Å². The van der Waals surface area contributed by atoms with Gasteiger partial charge in [0.25, 0.3) is 0 Å². The van der Waals surface area contributed by atoms with Gasteiger partial charge in [-0.25, -0.2) is 0 Å². The molecule has 2 atom stereocenters. The third kappa shape index (κ3) is 3.41. The van der Waals surface area contributed by atoms with Crippen LogP contribution in [0.25, 0.3) is 0 Å². The summed E-state index contributed by atoms with van der Waals surface area (Å²) in [5, 5.41) is 3.58. The van der Waals surface area contributed by atoms with Gasteiger partial charge in [0, 0.05) is 18.9 Å². The quantitative estimate of drug-likeness (QED) is 0.852. The smallest absolute Gasteiger partial charge is 0.0966 e. The molecule has 1 aliphatic heterocycles. The summed E-state index contributed by atoms with van der Waals surface area (Å²) in [6, 6.07) is 11.4. The van der Waals surface area contributed by atoms with Crippen LogP contribution < -0.4 is 5.32 Å². The van der Waals surface area contributed by atoms with Crippen LogP contribution in [0.5, 0.6) is 0 Å². The predicted octanol–water partition coefficient (Wildman–Crippen LogP) is 4.27. The normalized spacial score (nSPS) is 29.7. The molecule has 2 fully saturated rings. The SMILES string of the molecule is c1ccc(C2CCC2N=C2CCCCCCCN2)cc1. The number of benzene rings is 1. The van der Waals surface area contributed by atoms with Crippen molar-refractivity contribution in [2.24, 2.45) is 4.99 Å². The number of hydrogen-bond donors (Lipinski definition) is 1. The largest absolute Gasteiger partial charge is 0.374 e. The molecule has 0 bridgehead atoms. The first-order valence-corrected chi connectivity index (χ1v) is 8.29. The molecule has 2 heteroatoms. The highest BCUT2D eigenvalue weighted by Crippen LogP contribution is 2.39. The minimum atomic E-state index is 0.514. The van der Waals surface area contributed by atoms with Crippen molar-refractivity contribution in [3.05, 3.63) is 35.9 Å². The maximum absolute atomic E-state index is 5.05. The fourth-order valence-electron chi connectivity index (χ4n) is 3.31. The van der Waals surface area contributed by atoms with Gasteiger partial charge < -0.3 is 5.32 Å². The Morgan fingerprint density at radius 2 is 1.70 bits per heavy atom. The van der Waals surface area contributed by atoms with Crippen LogP contribution in [-0.2, 0) is 0 Å². The third-order valence-electron chi connectivity index (χ3n) is 4.71. The lowest BCUT2D eigenvalue weighted by Crippen LogP contribution is -2.32. The Labute approximate surface area is 122 Å². The highest BCUT2D eigenvalue weighted by molar-refractivity contribution is 5.82. The molecule has 1 N–H and O–H groups in total. The zero-order valence-corrected chi connectivity index (χ0v) is 12.4. The number of hydrogen-bond acceptors (Lipinski definition) is 1. The summed E-state index contributed by atoms with van der Waals surface area (Å²) in [7, 11) is 0. The average molecular weight is 270 g/mol. The van der Waals surface area contributed by atoms with Crippen molar-refractivity contribution in [3.8, 4) is 0 Å². The van der Waals surface area contributed by atoms with Crippen LogP contribution >= 0.6 is 0 Å². The number of nitrogens with one attached hydrogen (secondary N) is 1. The lowest BCUT2D eigenvalue weighted by molar-refractivity contribution is 0.347. The minimum Gasteiger partial charge on any atom is -0.374 e. The molecule has 1 saturated heterocycles. The van der Waals surface area contributed by atoms with Crippen LogP contribution in [0.3, 0.4) is 0 Å². The molecule has 108 valence electrons. The molecule has 0 amide bonds. The molecule has 0 aromatic heterocycles. The van der Waals surface area contributed by atoms with Gasteiger partial charge in [-0.2, -0.15) is 0 Å². The molecular formula is C18H26N2. The molecule has 2 unspecified atom stereocenters. The molecule has 0 radical (unpaired) electrons. The van der Waals surface area contributed by atoms with Gasteiger partial charge in [0.15, 0.2) is 0 Å². The molecule has 3 rings (SSSR count). The summed E-state index contributed by atoms with van der Waals surface area (Å²) < 4.78 is 0. The molecule has 1 heterocycles. The Balaban J connectivity index is 1.64. The zero-order valence-electron chi connectivity index (χ0n) is 12.4. The Morgan fingerprint density at radius 1 is 0.900 bits per heavy atom. The standard InChI is InChI=1S/C18H26N2/c1-2-7-11-18(19-14-8-3-1)20-17-13-12-16(17)15-9-5-4-6-10-15/h4-6,9-10,16-17H,1-3,7-8,11-14H2,(H,19,20). The maximum Gasteiger partial charge on any atom is 0.0966 e. The summed E-state index contributed by atoms with van der Waals surface area (Å²) in [6.45, 7) is 1.11. The van der Waals surface area contributed by atoms with Crippen LogP contribution in [-0.4, -0.2) is 18.4 Å². The molecule has 1 aliphatic carbocycles. The summed E-state index contributed by atoms with van der Waals surface area (Å²) in [6.07, 6.45) is 10.4. The van der Waals surface area contributed by atoms with E-state index in [0.717, 1.165) is 13.0 Å². The Bertz CT molecular complexity index is 426. The fourth-order valence-corrected chi connectivity index (χ4v) is 3.31. The highest BCUT2D eigenvalue weighted by atomic mass is 15.0. The van der Waals surface area contributed by atoms with Gasteiger partial charge >= 0.3 is 0 Å². The predicted molar refractivity (Wildman–Crippen MR) is 85.3 cm³/mol. The molecule has 20 heavy (non-hydrogen) atoms. The number of nitrogens with zero attached hydrogens (tertiary/aromatic N) is 1. The Kier molecular flexibility index (Phi) is 4.73.